The Bertz CT molecular complexity index is 499. The molecule has 2 aromatic heterocycles. The predicted octanol–water partition coefficient (Wildman–Crippen LogP) is 2.54. The second-order valence-electron chi connectivity index (χ2n) is 4.72. The zero-order chi connectivity index (χ0) is 13.7. The summed E-state index contributed by atoms with van der Waals surface area (Å²) in [5.74, 6) is 1.47. The summed E-state index contributed by atoms with van der Waals surface area (Å²) in [5.41, 5.74) is 1.29. The zero-order valence-corrected chi connectivity index (χ0v) is 11.9. The molecule has 0 fully saturated rings. The van der Waals surface area contributed by atoms with E-state index in [1.54, 1.807) is 0 Å². The Hall–Kier alpha value is -1.62. The normalized spacial score (nSPS) is 12.8. The standard InChI is InChI=1S/C14H22N4O/c1-4-6-14-16-13(17-19-14)10-18-8-7-11(9-18)12(5-2)15-3/h7-9,12,15H,4-6,10H2,1-3H3. The topological polar surface area (TPSA) is 55.9 Å². The van der Waals surface area contributed by atoms with Crippen molar-refractivity contribution in [1.29, 1.82) is 0 Å². The lowest BCUT2D eigenvalue weighted by Crippen LogP contribution is -2.14. The lowest BCUT2D eigenvalue weighted by molar-refractivity contribution is 0.371. The van der Waals surface area contributed by atoms with Crippen molar-refractivity contribution in [1.82, 2.24) is 20.0 Å². The molecule has 0 saturated carbocycles. The second-order valence-corrected chi connectivity index (χ2v) is 4.72. The molecule has 5 heteroatoms. The molecule has 1 atom stereocenters. The van der Waals surface area contributed by atoms with Crippen LogP contribution < -0.4 is 5.32 Å². The number of aromatic nitrogens is 3. The van der Waals surface area contributed by atoms with Crippen LogP contribution in [0.5, 0.6) is 0 Å². The molecule has 0 radical (unpaired) electrons. The Morgan fingerprint density at radius 1 is 1.42 bits per heavy atom. The minimum Gasteiger partial charge on any atom is -0.346 e. The van der Waals surface area contributed by atoms with E-state index in [-0.39, 0.29) is 0 Å². The molecule has 0 aliphatic carbocycles. The molecule has 2 heterocycles. The van der Waals surface area contributed by atoms with Crippen LogP contribution in [0.1, 0.15) is 50.0 Å². The molecule has 0 aromatic carbocycles. The first-order chi connectivity index (χ1) is 9.26. The van der Waals surface area contributed by atoms with Gasteiger partial charge in [-0.1, -0.05) is 19.0 Å². The van der Waals surface area contributed by atoms with Crippen LogP contribution in [0.3, 0.4) is 0 Å². The van der Waals surface area contributed by atoms with Crippen molar-refractivity contribution < 1.29 is 4.52 Å². The van der Waals surface area contributed by atoms with E-state index in [1.807, 2.05) is 7.05 Å². The van der Waals surface area contributed by atoms with Gasteiger partial charge in [-0.05, 0) is 31.5 Å². The summed E-state index contributed by atoms with van der Waals surface area (Å²) < 4.78 is 7.28. The highest BCUT2D eigenvalue weighted by Gasteiger charge is 2.10. The van der Waals surface area contributed by atoms with Crippen LogP contribution in [0.2, 0.25) is 0 Å². The molecule has 0 spiro atoms. The molecule has 2 rings (SSSR count). The van der Waals surface area contributed by atoms with Gasteiger partial charge in [0.2, 0.25) is 5.89 Å². The summed E-state index contributed by atoms with van der Waals surface area (Å²) in [5, 5.41) is 7.30. The third kappa shape index (κ3) is 3.44. The fraction of sp³-hybridized carbons (Fsp3) is 0.571. The van der Waals surface area contributed by atoms with Gasteiger partial charge in [0.25, 0.3) is 0 Å². The molecule has 1 unspecified atom stereocenters. The largest absolute Gasteiger partial charge is 0.346 e. The van der Waals surface area contributed by atoms with E-state index >= 15 is 0 Å². The van der Waals surface area contributed by atoms with Gasteiger partial charge >= 0.3 is 0 Å². The van der Waals surface area contributed by atoms with Crippen molar-refractivity contribution in [2.75, 3.05) is 7.05 Å². The van der Waals surface area contributed by atoms with Crippen molar-refractivity contribution in [2.45, 2.75) is 45.7 Å². The van der Waals surface area contributed by atoms with Crippen LogP contribution in [-0.2, 0) is 13.0 Å². The number of aryl methyl sites for hydroxylation is 1. The first-order valence-electron chi connectivity index (χ1n) is 6.91. The zero-order valence-electron chi connectivity index (χ0n) is 11.9. The number of rotatable bonds is 7. The van der Waals surface area contributed by atoms with Crippen molar-refractivity contribution in [3.8, 4) is 0 Å². The summed E-state index contributed by atoms with van der Waals surface area (Å²) in [6.45, 7) is 4.94. The van der Waals surface area contributed by atoms with Crippen LogP contribution in [0.4, 0.5) is 0 Å². The molecule has 0 aliphatic heterocycles. The molecule has 0 bridgehead atoms. The summed E-state index contributed by atoms with van der Waals surface area (Å²) in [6, 6.07) is 2.54. The van der Waals surface area contributed by atoms with Crippen molar-refractivity contribution in [3.05, 3.63) is 35.7 Å². The smallest absolute Gasteiger partial charge is 0.226 e. The van der Waals surface area contributed by atoms with Crippen LogP contribution >= 0.6 is 0 Å². The predicted molar refractivity (Wildman–Crippen MR) is 73.9 cm³/mol. The Kier molecular flexibility index (Phi) is 4.74. The maximum atomic E-state index is 5.19. The molecular weight excluding hydrogens is 240 g/mol. The summed E-state index contributed by atoms with van der Waals surface area (Å²) in [4.78, 5) is 4.38. The maximum Gasteiger partial charge on any atom is 0.226 e. The molecule has 104 valence electrons. The molecule has 0 saturated heterocycles. The Balaban J connectivity index is 2.02. The first kappa shape index (κ1) is 13.8. The minimum absolute atomic E-state index is 0.405. The fourth-order valence-electron chi connectivity index (χ4n) is 2.20. The highest BCUT2D eigenvalue weighted by Crippen LogP contribution is 2.16. The van der Waals surface area contributed by atoms with Crippen molar-refractivity contribution in [3.63, 3.8) is 0 Å². The van der Waals surface area contributed by atoms with Crippen LogP contribution in [0.15, 0.2) is 23.0 Å². The summed E-state index contributed by atoms with van der Waals surface area (Å²) in [6.07, 6.45) is 7.15. The highest BCUT2D eigenvalue weighted by atomic mass is 16.5. The minimum atomic E-state index is 0.405. The van der Waals surface area contributed by atoms with Gasteiger partial charge in [0.1, 0.15) is 0 Å². The first-order valence-corrected chi connectivity index (χ1v) is 6.91. The van der Waals surface area contributed by atoms with Gasteiger partial charge in [-0.15, -0.1) is 0 Å². The third-order valence-corrected chi connectivity index (χ3v) is 3.23. The number of nitrogens with one attached hydrogen (secondary N) is 1. The molecule has 2 aromatic rings. The van der Waals surface area contributed by atoms with Crippen LogP contribution in [-0.4, -0.2) is 21.8 Å². The fourth-order valence-corrected chi connectivity index (χ4v) is 2.20. The van der Waals surface area contributed by atoms with E-state index < -0.39 is 0 Å². The quantitative estimate of drug-likeness (QED) is 0.833. The van der Waals surface area contributed by atoms with E-state index in [9.17, 15) is 0 Å². The van der Waals surface area contributed by atoms with Crippen molar-refractivity contribution in [2.24, 2.45) is 0 Å². The van der Waals surface area contributed by atoms with Gasteiger partial charge in [-0.2, -0.15) is 4.98 Å². The third-order valence-electron chi connectivity index (χ3n) is 3.23. The summed E-state index contributed by atoms with van der Waals surface area (Å²) in [7, 11) is 1.99. The average molecular weight is 262 g/mol. The lowest BCUT2D eigenvalue weighted by atomic mass is 10.1. The van der Waals surface area contributed by atoms with E-state index in [4.69, 9.17) is 4.52 Å². The van der Waals surface area contributed by atoms with E-state index in [0.29, 0.717) is 12.6 Å². The van der Waals surface area contributed by atoms with Gasteiger partial charge < -0.3 is 14.4 Å². The van der Waals surface area contributed by atoms with Gasteiger partial charge in [0.05, 0.1) is 6.54 Å². The Morgan fingerprint density at radius 3 is 2.95 bits per heavy atom. The molecule has 0 amide bonds. The van der Waals surface area contributed by atoms with E-state index in [2.05, 4.69) is 52.3 Å². The van der Waals surface area contributed by atoms with Gasteiger partial charge in [0.15, 0.2) is 5.82 Å². The maximum absolute atomic E-state index is 5.19. The number of hydrogen-bond donors (Lipinski definition) is 1. The molecule has 0 aliphatic rings. The van der Waals surface area contributed by atoms with Crippen molar-refractivity contribution >= 4 is 0 Å². The van der Waals surface area contributed by atoms with Gasteiger partial charge in [-0.25, -0.2) is 0 Å². The lowest BCUT2D eigenvalue weighted by Gasteiger charge is -2.11. The van der Waals surface area contributed by atoms with E-state index in [1.165, 1.54) is 5.56 Å². The molecule has 5 nitrogen and oxygen atoms in total. The molecule has 19 heavy (non-hydrogen) atoms. The highest BCUT2D eigenvalue weighted by molar-refractivity contribution is 5.15. The summed E-state index contributed by atoms with van der Waals surface area (Å²) >= 11 is 0. The number of hydrogen-bond acceptors (Lipinski definition) is 4. The van der Waals surface area contributed by atoms with E-state index in [0.717, 1.165) is 31.0 Å². The van der Waals surface area contributed by atoms with Gasteiger partial charge in [-0.3, -0.25) is 0 Å². The monoisotopic (exact) mass is 262 g/mol. The second kappa shape index (κ2) is 6.52. The Morgan fingerprint density at radius 2 is 2.26 bits per heavy atom. The Labute approximate surface area is 114 Å². The van der Waals surface area contributed by atoms with Gasteiger partial charge in [0, 0.05) is 24.9 Å². The molecule has 1 N–H and O–H groups in total. The average Bonchev–Trinajstić information content (AvgIpc) is 3.02. The van der Waals surface area contributed by atoms with Crippen LogP contribution in [0, 0.1) is 0 Å². The number of nitrogens with zero attached hydrogens (tertiary/aromatic N) is 3. The van der Waals surface area contributed by atoms with Crippen LogP contribution in [0.25, 0.3) is 0 Å². The SMILES string of the molecule is CCCc1nc(Cn2ccc(C(CC)NC)c2)no1. The molecular formula is C14H22N4O.